The van der Waals surface area contributed by atoms with Crippen LogP contribution in [0.5, 0.6) is 0 Å². The summed E-state index contributed by atoms with van der Waals surface area (Å²) in [5.74, 6) is 1.96. The van der Waals surface area contributed by atoms with Crippen LogP contribution in [0.4, 0.5) is 11.4 Å². The third-order valence-electron chi connectivity index (χ3n) is 3.97. The van der Waals surface area contributed by atoms with E-state index in [1.807, 2.05) is 12.1 Å². The third-order valence-corrected chi connectivity index (χ3v) is 6.16. The van der Waals surface area contributed by atoms with Crippen LogP contribution >= 0.6 is 11.8 Å². The second kappa shape index (κ2) is 10.3. The molecule has 0 unspecified atom stereocenters. The zero-order valence-electron chi connectivity index (χ0n) is 16.2. The third kappa shape index (κ3) is 7.09. The van der Waals surface area contributed by atoms with Crippen LogP contribution in [0.25, 0.3) is 0 Å². The lowest BCUT2D eigenvalue weighted by Crippen LogP contribution is -2.41. The zero-order valence-corrected chi connectivity index (χ0v) is 17.8. The predicted molar refractivity (Wildman–Crippen MR) is 113 cm³/mol. The molecule has 1 heterocycles. The minimum atomic E-state index is -3.81. The fraction of sp³-hybridized carbons (Fsp3) is 0.389. The molecule has 0 saturated carbocycles. The Morgan fingerprint density at radius 1 is 1.34 bits per heavy atom. The number of nitrogens with zero attached hydrogens (tertiary/aromatic N) is 2. The Morgan fingerprint density at radius 3 is 2.72 bits per heavy atom. The second-order valence-electron chi connectivity index (χ2n) is 6.33. The number of hydrogen-bond acceptors (Lipinski definition) is 7. The molecule has 0 aliphatic carbocycles. The van der Waals surface area contributed by atoms with Crippen molar-refractivity contribution in [1.29, 1.82) is 0 Å². The standard InChI is InChI=1S/C18H23N3O6S2/c1-14-6-7-15(21(23)24)11-17(14)20(29(2,25)26)12-18(22)19-8-4-10-28-13-16-5-3-9-27-16/h3,5-7,9,11H,4,8,10,12-13H2,1-2H3,(H,19,22). The largest absolute Gasteiger partial charge is 0.468 e. The molecular formula is C18H23N3O6S2. The Morgan fingerprint density at radius 2 is 2.10 bits per heavy atom. The van der Waals surface area contributed by atoms with Crippen molar-refractivity contribution in [3.63, 3.8) is 0 Å². The number of anilines is 1. The Balaban J connectivity index is 1.91. The molecule has 29 heavy (non-hydrogen) atoms. The summed E-state index contributed by atoms with van der Waals surface area (Å²) in [5.41, 5.74) is 0.391. The number of hydrogen-bond donors (Lipinski definition) is 1. The molecule has 0 fully saturated rings. The van der Waals surface area contributed by atoms with Gasteiger partial charge in [-0.15, -0.1) is 0 Å². The highest BCUT2D eigenvalue weighted by Gasteiger charge is 2.24. The smallest absolute Gasteiger partial charge is 0.271 e. The first-order valence-corrected chi connectivity index (χ1v) is 11.8. The Hall–Kier alpha value is -2.53. The molecule has 2 rings (SSSR count). The summed E-state index contributed by atoms with van der Waals surface area (Å²) in [6, 6.07) is 7.63. The Kier molecular flexibility index (Phi) is 8.09. The average Bonchev–Trinajstić information content (AvgIpc) is 3.15. The number of furan rings is 1. The quantitative estimate of drug-likeness (QED) is 0.323. The van der Waals surface area contributed by atoms with Crippen LogP contribution < -0.4 is 9.62 Å². The molecule has 0 bridgehead atoms. The molecule has 9 nitrogen and oxygen atoms in total. The van der Waals surface area contributed by atoms with Gasteiger partial charge in [0.15, 0.2) is 0 Å². The molecule has 0 spiro atoms. The van der Waals surface area contributed by atoms with Crippen LogP contribution in [0.15, 0.2) is 41.0 Å². The molecule has 0 atom stereocenters. The van der Waals surface area contributed by atoms with Crippen LogP contribution in [0, 0.1) is 17.0 Å². The van der Waals surface area contributed by atoms with Crippen molar-refractivity contribution < 1.29 is 22.6 Å². The van der Waals surface area contributed by atoms with Crippen molar-refractivity contribution in [1.82, 2.24) is 5.32 Å². The predicted octanol–water partition coefficient (Wildman–Crippen LogP) is 2.70. The number of carbonyl (C=O) groups excluding carboxylic acids is 1. The van der Waals surface area contributed by atoms with E-state index in [9.17, 15) is 23.3 Å². The molecule has 1 aromatic heterocycles. The first kappa shape index (κ1) is 22.8. The van der Waals surface area contributed by atoms with E-state index in [4.69, 9.17) is 4.42 Å². The van der Waals surface area contributed by atoms with Crippen molar-refractivity contribution in [2.45, 2.75) is 19.1 Å². The topological polar surface area (TPSA) is 123 Å². The van der Waals surface area contributed by atoms with E-state index in [-0.39, 0.29) is 11.4 Å². The maximum Gasteiger partial charge on any atom is 0.271 e. The highest BCUT2D eigenvalue weighted by molar-refractivity contribution is 7.98. The van der Waals surface area contributed by atoms with Crippen LogP contribution in [0.3, 0.4) is 0 Å². The number of nitro groups is 1. The van der Waals surface area contributed by atoms with Gasteiger partial charge in [0.05, 0.1) is 28.9 Å². The normalized spacial score (nSPS) is 11.2. The van der Waals surface area contributed by atoms with Crippen molar-refractivity contribution in [2.75, 3.05) is 29.4 Å². The molecule has 0 saturated heterocycles. The number of carbonyl (C=O) groups is 1. The van der Waals surface area contributed by atoms with E-state index >= 15 is 0 Å². The fourth-order valence-corrected chi connectivity index (χ4v) is 4.28. The molecule has 158 valence electrons. The number of amides is 1. The number of nitrogens with one attached hydrogen (secondary N) is 1. The van der Waals surface area contributed by atoms with Crippen molar-refractivity contribution in [3.8, 4) is 0 Å². The van der Waals surface area contributed by atoms with E-state index in [0.717, 1.165) is 33.9 Å². The summed E-state index contributed by atoms with van der Waals surface area (Å²) in [5, 5.41) is 13.7. The highest BCUT2D eigenvalue weighted by Crippen LogP contribution is 2.27. The molecule has 1 aromatic carbocycles. The lowest BCUT2D eigenvalue weighted by atomic mass is 10.2. The van der Waals surface area contributed by atoms with Crippen LogP contribution in [-0.4, -0.2) is 44.3 Å². The highest BCUT2D eigenvalue weighted by atomic mass is 32.2. The molecular weight excluding hydrogens is 418 g/mol. The molecule has 2 aromatic rings. The Bertz CT molecular complexity index is 945. The van der Waals surface area contributed by atoms with E-state index in [1.165, 1.54) is 12.1 Å². The average molecular weight is 442 g/mol. The molecule has 0 aliphatic rings. The van der Waals surface area contributed by atoms with Crippen LogP contribution in [0.1, 0.15) is 17.7 Å². The number of nitro benzene ring substituents is 1. The number of rotatable bonds is 11. The number of sulfonamides is 1. The summed E-state index contributed by atoms with van der Waals surface area (Å²) in [7, 11) is -3.81. The van der Waals surface area contributed by atoms with E-state index in [0.29, 0.717) is 18.5 Å². The maximum absolute atomic E-state index is 12.3. The summed E-state index contributed by atoms with van der Waals surface area (Å²) in [6.45, 7) is 1.58. The molecule has 1 amide bonds. The fourth-order valence-electron chi connectivity index (χ4n) is 2.52. The van der Waals surface area contributed by atoms with Gasteiger partial charge in [0, 0.05) is 18.7 Å². The van der Waals surface area contributed by atoms with Gasteiger partial charge in [-0.05, 0) is 36.8 Å². The summed E-state index contributed by atoms with van der Waals surface area (Å²) >= 11 is 1.67. The van der Waals surface area contributed by atoms with Crippen molar-refractivity contribution in [2.24, 2.45) is 0 Å². The Labute approximate surface area is 173 Å². The SMILES string of the molecule is Cc1ccc([N+](=O)[O-])cc1N(CC(=O)NCCCSCc1ccco1)S(C)(=O)=O. The number of non-ortho nitro benzene ring substituents is 1. The zero-order chi connectivity index (χ0) is 21.4. The van der Waals surface area contributed by atoms with Gasteiger partial charge in [-0.1, -0.05) is 6.07 Å². The summed E-state index contributed by atoms with van der Waals surface area (Å²) < 4.78 is 30.5. The molecule has 11 heteroatoms. The van der Waals surface area contributed by atoms with Crippen molar-refractivity contribution >= 4 is 39.1 Å². The van der Waals surface area contributed by atoms with Crippen molar-refractivity contribution in [3.05, 3.63) is 58.0 Å². The van der Waals surface area contributed by atoms with Gasteiger partial charge < -0.3 is 9.73 Å². The molecule has 0 radical (unpaired) electrons. The first-order valence-electron chi connectivity index (χ1n) is 8.78. The monoisotopic (exact) mass is 441 g/mol. The van der Waals surface area contributed by atoms with Crippen LogP contribution in [0.2, 0.25) is 0 Å². The van der Waals surface area contributed by atoms with E-state index in [2.05, 4.69) is 5.32 Å². The van der Waals surface area contributed by atoms with Gasteiger partial charge in [-0.2, -0.15) is 11.8 Å². The lowest BCUT2D eigenvalue weighted by Gasteiger charge is -2.23. The first-order chi connectivity index (χ1) is 13.7. The minimum Gasteiger partial charge on any atom is -0.468 e. The molecule has 1 N–H and O–H groups in total. The van der Waals surface area contributed by atoms with E-state index < -0.39 is 27.4 Å². The summed E-state index contributed by atoms with van der Waals surface area (Å²) in [4.78, 5) is 22.7. The lowest BCUT2D eigenvalue weighted by molar-refractivity contribution is -0.384. The minimum absolute atomic E-state index is 0.117. The van der Waals surface area contributed by atoms with Gasteiger partial charge in [0.25, 0.3) is 5.69 Å². The van der Waals surface area contributed by atoms with Gasteiger partial charge in [0.2, 0.25) is 15.9 Å². The summed E-state index contributed by atoms with van der Waals surface area (Å²) in [6.07, 6.45) is 3.29. The van der Waals surface area contributed by atoms with Gasteiger partial charge in [-0.3, -0.25) is 19.2 Å². The van der Waals surface area contributed by atoms with Gasteiger partial charge in [-0.25, -0.2) is 8.42 Å². The van der Waals surface area contributed by atoms with Gasteiger partial charge >= 0.3 is 0 Å². The van der Waals surface area contributed by atoms with Gasteiger partial charge in [0.1, 0.15) is 12.3 Å². The number of aryl methyl sites for hydroxylation is 1. The molecule has 0 aliphatic heterocycles. The maximum atomic E-state index is 12.3. The second-order valence-corrected chi connectivity index (χ2v) is 9.34. The van der Waals surface area contributed by atoms with E-state index in [1.54, 1.807) is 24.9 Å². The van der Waals surface area contributed by atoms with Crippen LogP contribution in [-0.2, 0) is 20.6 Å². The number of thioether (sulfide) groups is 1. The number of benzene rings is 1.